The minimum atomic E-state index is -0.300. The van der Waals surface area contributed by atoms with Crippen molar-refractivity contribution in [3.63, 3.8) is 0 Å². The Hall–Kier alpha value is -2.83. The van der Waals surface area contributed by atoms with Gasteiger partial charge in [0.25, 0.3) is 0 Å². The summed E-state index contributed by atoms with van der Waals surface area (Å²) in [4.78, 5) is 10.6. The maximum Gasteiger partial charge on any atom is 0.302 e. The lowest BCUT2D eigenvalue weighted by atomic mass is 10.1. The minimum Gasteiger partial charge on any atom is -0.491 e. The van der Waals surface area contributed by atoms with Crippen molar-refractivity contribution in [3.8, 4) is 5.75 Å². The summed E-state index contributed by atoms with van der Waals surface area (Å²) in [6, 6.07) is 16.2. The minimum absolute atomic E-state index is 0.270. The van der Waals surface area contributed by atoms with Gasteiger partial charge in [-0.05, 0) is 35.4 Å². The molecule has 29 heavy (non-hydrogen) atoms. The largest absolute Gasteiger partial charge is 0.491 e. The van der Waals surface area contributed by atoms with Crippen molar-refractivity contribution in [2.24, 2.45) is 0 Å². The van der Waals surface area contributed by atoms with Crippen molar-refractivity contribution in [2.75, 3.05) is 52.0 Å². The quantitative estimate of drug-likeness (QED) is 0.313. The Balaban J connectivity index is 1.58. The van der Waals surface area contributed by atoms with E-state index in [1.807, 2.05) is 43.4 Å². The highest BCUT2D eigenvalue weighted by Gasteiger charge is 1.96. The average molecular weight is 399 g/mol. The van der Waals surface area contributed by atoms with Crippen LogP contribution in [0.25, 0.3) is 12.2 Å². The van der Waals surface area contributed by atoms with Gasteiger partial charge in [0.15, 0.2) is 0 Å². The zero-order valence-corrected chi connectivity index (χ0v) is 17.1. The molecule has 2 rings (SSSR count). The number of nitrogens with one attached hydrogen (secondary N) is 1. The van der Waals surface area contributed by atoms with Crippen LogP contribution in [0.3, 0.4) is 0 Å². The molecule has 0 radical (unpaired) electrons. The summed E-state index contributed by atoms with van der Waals surface area (Å²) in [5.74, 6) is 0.507. The molecule has 0 heterocycles. The van der Waals surface area contributed by atoms with Crippen LogP contribution >= 0.6 is 0 Å². The van der Waals surface area contributed by atoms with E-state index < -0.39 is 0 Å². The van der Waals surface area contributed by atoms with Crippen LogP contribution in [0.4, 0.5) is 5.69 Å². The molecule has 0 spiro atoms. The molecule has 0 aliphatic heterocycles. The van der Waals surface area contributed by atoms with Gasteiger partial charge in [-0.15, -0.1) is 0 Å². The third kappa shape index (κ3) is 9.78. The molecule has 0 aliphatic rings. The van der Waals surface area contributed by atoms with Gasteiger partial charge in [0.2, 0.25) is 0 Å². The number of hydrogen-bond donors (Lipinski definition) is 1. The first-order valence-electron chi connectivity index (χ1n) is 9.65. The van der Waals surface area contributed by atoms with Crippen molar-refractivity contribution in [2.45, 2.75) is 6.92 Å². The first kappa shape index (κ1) is 22.5. The fraction of sp³-hybridized carbons (Fsp3) is 0.348. The number of rotatable bonds is 13. The number of carbonyl (C=O) groups excluding carboxylic acids is 1. The van der Waals surface area contributed by atoms with Crippen molar-refractivity contribution in [3.05, 3.63) is 59.7 Å². The first-order valence-corrected chi connectivity index (χ1v) is 9.65. The Morgan fingerprint density at radius 3 is 1.86 bits per heavy atom. The van der Waals surface area contributed by atoms with Gasteiger partial charge >= 0.3 is 5.97 Å². The third-order valence-corrected chi connectivity index (χ3v) is 3.95. The van der Waals surface area contributed by atoms with E-state index in [9.17, 15) is 4.79 Å². The van der Waals surface area contributed by atoms with Crippen molar-refractivity contribution in [1.29, 1.82) is 0 Å². The normalized spacial score (nSPS) is 10.8. The maximum absolute atomic E-state index is 10.6. The number of ether oxygens (including phenoxy) is 4. The van der Waals surface area contributed by atoms with Crippen molar-refractivity contribution < 1.29 is 23.7 Å². The van der Waals surface area contributed by atoms with Gasteiger partial charge in [0, 0.05) is 19.7 Å². The van der Waals surface area contributed by atoms with Crippen LogP contribution in [0.1, 0.15) is 18.1 Å². The lowest BCUT2D eigenvalue weighted by molar-refractivity contribution is -0.142. The Morgan fingerprint density at radius 2 is 1.31 bits per heavy atom. The molecular weight excluding hydrogens is 370 g/mol. The molecule has 1 N–H and O–H groups in total. The van der Waals surface area contributed by atoms with Gasteiger partial charge in [-0.25, -0.2) is 0 Å². The van der Waals surface area contributed by atoms with E-state index in [-0.39, 0.29) is 12.6 Å². The molecule has 0 atom stereocenters. The first-order chi connectivity index (χ1) is 14.2. The Kier molecular flexibility index (Phi) is 10.3. The second-order valence-corrected chi connectivity index (χ2v) is 6.19. The second kappa shape index (κ2) is 13.4. The molecule has 0 saturated heterocycles. The zero-order valence-electron chi connectivity index (χ0n) is 17.1. The Bertz CT molecular complexity index is 741. The molecule has 0 unspecified atom stereocenters. The lowest BCUT2D eigenvalue weighted by Gasteiger charge is -2.08. The van der Waals surface area contributed by atoms with Crippen LogP contribution in [0.2, 0.25) is 0 Å². The van der Waals surface area contributed by atoms with Crippen molar-refractivity contribution in [1.82, 2.24) is 0 Å². The fourth-order valence-corrected chi connectivity index (χ4v) is 2.41. The summed E-state index contributed by atoms with van der Waals surface area (Å²) in [5, 5.41) is 3.11. The summed E-state index contributed by atoms with van der Waals surface area (Å²) < 4.78 is 21.1. The van der Waals surface area contributed by atoms with E-state index in [1.165, 1.54) is 6.92 Å². The molecule has 0 bridgehead atoms. The van der Waals surface area contributed by atoms with Gasteiger partial charge in [0.1, 0.15) is 19.0 Å². The number of carbonyl (C=O) groups is 1. The molecule has 2 aromatic carbocycles. The van der Waals surface area contributed by atoms with E-state index in [1.54, 1.807) is 0 Å². The summed E-state index contributed by atoms with van der Waals surface area (Å²) in [6.07, 6.45) is 4.15. The zero-order chi connectivity index (χ0) is 20.7. The number of benzene rings is 2. The van der Waals surface area contributed by atoms with Crippen LogP contribution in [0.5, 0.6) is 5.75 Å². The highest BCUT2D eigenvalue weighted by Crippen LogP contribution is 2.15. The molecule has 0 aromatic heterocycles. The summed E-state index contributed by atoms with van der Waals surface area (Å²) in [7, 11) is 1.91. The van der Waals surface area contributed by atoms with E-state index in [0.29, 0.717) is 33.0 Å². The molecule has 0 fully saturated rings. The molecule has 0 saturated carbocycles. The second-order valence-electron chi connectivity index (χ2n) is 6.19. The molecule has 0 aliphatic carbocycles. The monoisotopic (exact) mass is 399 g/mol. The van der Waals surface area contributed by atoms with E-state index in [2.05, 4.69) is 29.6 Å². The van der Waals surface area contributed by atoms with Crippen LogP contribution < -0.4 is 10.1 Å². The van der Waals surface area contributed by atoms with Gasteiger partial charge in [-0.3, -0.25) is 4.79 Å². The van der Waals surface area contributed by atoms with E-state index in [4.69, 9.17) is 18.9 Å². The predicted molar refractivity (Wildman–Crippen MR) is 115 cm³/mol. The van der Waals surface area contributed by atoms with Gasteiger partial charge in [0.05, 0.1) is 26.4 Å². The van der Waals surface area contributed by atoms with Crippen LogP contribution in [0, 0.1) is 0 Å². The van der Waals surface area contributed by atoms with Crippen molar-refractivity contribution >= 4 is 23.8 Å². The van der Waals surface area contributed by atoms with Crippen LogP contribution in [-0.4, -0.2) is 52.7 Å². The topological polar surface area (TPSA) is 66.0 Å². The highest BCUT2D eigenvalue weighted by molar-refractivity contribution is 5.70. The maximum atomic E-state index is 10.6. The Morgan fingerprint density at radius 1 is 0.793 bits per heavy atom. The third-order valence-electron chi connectivity index (χ3n) is 3.95. The molecule has 156 valence electrons. The number of anilines is 1. The Labute approximate surface area is 172 Å². The molecule has 6 heteroatoms. The molecule has 2 aromatic rings. The molecule has 0 amide bonds. The van der Waals surface area contributed by atoms with Gasteiger partial charge in [-0.2, -0.15) is 0 Å². The average Bonchev–Trinajstić information content (AvgIpc) is 2.74. The summed E-state index contributed by atoms with van der Waals surface area (Å²) >= 11 is 0. The number of esters is 1. The van der Waals surface area contributed by atoms with E-state index >= 15 is 0 Å². The van der Waals surface area contributed by atoms with Gasteiger partial charge < -0.3 is 24.3 Å². The predicted octanol–water partition coefficient (Wildman–Crippen LogP) is 3.87. The van der Waals surface area contributed by atoms with Crippen LogP contribution in [-0.2, 0) is 19.0 Å². The highest BCUT2D eigenvalue weighted by atomic mass is 16.6. The summed E-state index contributed by atoms with van der Waals surface area (Å²) in [6.45, 7) is 3.91. The smallest absolute Gasteiger partial charge is 0.302 e. The number of hydrogen-bond acceptors (Lipinski definition) is 6. The van der Waals surface area contributed by atoms with Crippen LogP contribution in [0.15, 0.2) is 48.5 Å². The summed E-state index contributed by atoms with van der Waals surface area (Å²) in [5.41, 5.74) is 3.36. The fourth-order valence-electron chi connectivity index (χ4n) is 2.41. The molecule has 6 nitrogen and oxygen atoms in total. The standard InChI is InChI=1S/C23H29NO5/c1-19(25)28-17-15-26-13-14-27-16-18-29-23-11-7-21(8-12-23)4-3-20-5-9-22(24-2)10-6-20/h3-12,24H,13-18H2,1-2H3/b4-3+. The lowest BCUT2D eigenvalue weighted by Crippen LogP contribution is -2.13. The van der Waals surface area contributed by atoms with E-state index in [0.717, 1.165) is 22.6 Å². The SMILES string of the molecule is CNc1ccc(/C=C/c2ccc(OCCOCCOCCOC(C)=O)cc2)cc1. The molecular formula is C23H29NO5. The van der Waals surface area contributed by atoms with Gasteiger partial charge in [-0.1, -0.05) is 36.4 Å².